The highest BCUT2D eigenvalue weighted by atomic mass is 32.2. The van der Waals surface area contributed by atoms with Gasteiger partial charge in [0, 0.05) is 41.1 Å². The van der Waals surface area contributed by atoms with Crippen molar-refractivity contribution in [1.82, 2.24) is 9.97 Å². The molecule has 4 nitrogen and oxygen atoms in total. The fourth-order valence-electron chi connectivity index (χ4n) is 1.96. The maximum absolute atomic E-state index is 5.47. The topological polar surface area (TPSA) is 63.8 Å². The molecule has 0 fully saturated rings. The number of thioether (sulfide) groups is 1. The maximum Gasteiger partial charge on any atom is 0.223 e. The molecule has 0 saturated carbocycles. The Hall–Kier alpha value is -1.59. The number of hydrogen-bond acceptors (Lipinski definition) is 5. The summed E-state index contributed by atoms with van der Waals surface area (Å²) in [6.07, 6.45) is 1.91. The second-order valence-corrected chi connectivity index (χ2v) is 5.08. The van der Waals surface area contributed by atoms with Crippen molar-refractivity contribution >= 4 is 17.7 Å². The Labute approximate surface area is 110 Å². The van der Waals surface area contributed by atoms with Crippen molar-refractivity contribution in [3.05, 3.63) is 36.0 Å². The van der Waals surface area contributed by atoms with Crippen molar-refractivity contribution < 1.29 is 0 Å². The molecule has 3 rings (SSSR count). The fraction of sp³-hybridized carbons (Fsp3) is 0.231. The smallest absolute Gasteiger partial charge is 0.223 e. The predicted octanol–water partition coefficient (Wildman–Crippen LogP) is 2.12. The Balaban J connectivity index is 2.02. The Morgan fingerprint density at radius 2 is 2.22 bits per heavy atom. The fourth-order valence-corrected chi connectivity index (χ4v) is 2.98. The van der Waals surface area contributed by atoms with Gasteiger partial charge in [0.25, 0.3) is 0 Å². The lowest BCUT2D eigenvalue weighted by Crippen LogP contribution is -2.15. The number of fused-ring (bicyclic) bond motifs is 3. The number of hydrogen-bond donors (Lipinski definition) is 2. The van der Waals surface area contributed by atoms with Gasteiger partial charge in [0.2, 0.25) is 5.95 Å². The molecule has 1 aliphatic heterocycles. The van der Waals surface area contributed by atoms with Gasteiger partial charge in [-0.15, -0.1) is 11.8 Å². The predicted molar refractivity (Wildman–Crippen MR) is 74.6 cm³/mol. The molecule has 0 aliphatic carbocycles. The van der Waals surface area contributed by atoms with E-state index in [-0.39, 0.29) is 0 Å². The number of nitrogens with zero attached hydrogens (tertiary/aromatic N) is 2. The zero-order valence-corrected chi connectivity index (χ0v) is 10.7. The van der Waals surface area contributed by atoms with Crippen LogP contribution in [0.4, 0.5) is 5.95 Å². The lowest BCUT2D eigenvalue weighted by Gasteiger charge is -2.18. The second-order valence-electron chi connectivity index (χ2n) is 4.07. The van der Waals surface area contributed by atoms with E-state index in [9.17, 15) is 0 Å². The van der Waals surface area contributed by atoms with Crippen molar-refractivity contribution in [2.75, 3.05) is 18.4 Å². The highest BCUT2D eigenvalue weighted by Crippen LogP contribution is 2.39. The standard InChI is InChI=1S/C13H14N4S/c14-5-6-15-13-16-7-9-8-18-11-4-2-1-3-10(11)12(9)17-13/h1-4,7H,5-6,8,14H2,(H,15,16,17). The van der Waals surface area contributed by atoms with Gasteiger partial charge in [0.05, 0.1) is 5.69 Å². The Bertz CT molecular complexity index is 571. The van der Waals surface area contributed by atoms with Crippen molar-refractivity contribution in [3.63, 3.8) is 0 Å². The van der Waals surface area contributed by atoms with Crippen LogP contribution in [-0.4, -0.2) is 23.1 Å². The molecule has 1 aromatic heterocycles. The SMILES string of the molecule is NCCNc1ncc2c(n1)-c1ccccc1SC2. The number of rotatable bonds is 3. The summed E-state index contributed by atoms with van der Waals surface area (Å²) in [5.74, 6) is 1.59. The minimum Gasteiger partial charge on any atom is -0.353 e. The van der Waals surface area contributed by atoms with Gasteiger partial charge in [-0.2, -0.15) is 0 Å². The number of nitrogens with one attached hydrogen (secondary N) is 1. The molecule has 1 aromatic carbocycles. The van der Waals surface area contributed by atoms with Gasteiger partial charge in [0.15, 0.2) is 0 Å². The molecule has 0 atom stereocenters. The number of anilines is 1. The molecule has 2 aromatic rings. The van der Waals surface area contributed by atoms with E-state index in [1.807, 2.05) is 24.0 Å². The van der Waals surface area contributed by atoms with Gasteiger partial charge < -0.3 is 11.1 Å². The molecular weight excluding hydrogens is 244 g/mol. The highest BCUT2D eigenvalue weighted by molar-refractivity contribution is 7.98. The van der Waals surface area contributed by atoms with E-state index in [2.05, 4.69) is 33.5 Å². The summed E-state index contributed by atoms with van der Waals surface area (Å²) in [5, 5.41) is 3.12. The average Bonchev–Trinajstić information content (AvgIpc) is 2.45. The van der Waals surface area contributed by atoms with E-state index in [1.165, 1.54) is 16.0 Å². The van der Waals surface area contributed by atoms with Crippen LogP contribution in [0.5, 0.6) is 0 Å². The minimum atomic E-state index is 0.576. The maximum atomic E-state index is 5.47. The number of aromatic nitrogens is 2. The van der Waals surface area contributed by atoms with E-state index in [4.69, 9.17) is 5.73 Å². The minimum absolute atomic E-state index is 0.576. The van der Waals surface area contributed by atoms with Crippen molar-refractivity contribution in [2.45, 2.75) is 10.6 Å². The van der Waals surface area contributed by atoms with E-state index in [1.54, 1.807) is 0 Å². The molecule has 2 heterocycles. The first-order valence-electron chi connectivity index (χ1n) is 5.90. The summed E-state index contributed by atoms with van der Waals surface area (Å²) in [5.41, 5.74) is 8.90. The van der Waals surface area contributed by atoms with Crippen LogP contribution in [0, 0.1) is 0 Å². The highest BCUT2D eigenvalue weighted by Gasteiger charge is 2.18. The quantitative estimate of drug-likeness (QED) is 0.883. The third kappa shape index (κ3) is 2.07. The van der Waals surface area contributed by atoms with Crippen molar-refractivity contribution in [2.24, 2.45) is 5.73 Å². The number of benzene rings is 1. The molecule has 3 N–H and O–H groups in total. The summed E-state index contributed by atoms with van der Waals surface area (Å²) in [4.78, 5) is 10.2. The third-order valence-electron chi connectivity index (χ3n) is 2.82. The Morgan fingerprint density at radius 1 is 1.33 bits per heavy atom. The van der Waals surface area contributed by atoms with Crippen LogP contribution >= 0.6 is 11.8 Å². The van der Waals surface area contributed by atoms with E-state index in [0.29, 0.717) is 19.0 Å². The van der Waals surface area contributed by atoms with Gasteiger partial charge in [-0.1, -0.05) is 18.2 Å². The van der Waals surface area contributed by atoms with Crippen LogP contribution < -0.4 is 11.1 Å². The van der Waals surface area contributed by atoms with Crippen LogP contribution in [0.2, 0.25) is 0 Å². The van der Waals surface area contributed by atoms with E-state index in [0.717, 1.165) is 11.4 Å². The van der Waals surface area contributed by atoms with E-state index < -0.39 is 0 Å². The second kappa shape index (κ2) is 4.96. The van der Waals surface area contributed by atoms with Crippen LogP contribution in [0.15, 0.2) is 35.4 Å². The summed E-state index contributed by atoms with van der Waals surface area (Å²) in [6, 6.07) is 8.35. The van der Waals surface area contributed by atoms with Crippen LogP contribution in [0.1, 0.15) is 5.56 Å². The molecule has 0 unspecified atom stereocenters. The number of nitrogens with two attached hydrogens (primary N) is 1. The summed E-state index contributed by atoms with van der Waals surface area (Å²) >= 11 is 1.83. The Morgan fingerprint density at radius 3 is 3.11 bits per heavy atom. The molecule has 1 aliphatic rings. The molecule has 0 bridgehead atoms. The largest absolute Gasteiger partial charge is 0.353 e. The lowest BCUT2D eigenvalue weighted by molar-refractivity contribution is 0.983. The molecule has 0 spiro atoms. The van der Waals surface area contributed by atoms with Gasteiger partial charge in [-0.25, -0.2) is 9.97 Å². The molecule has 0 saturated heterocycles. The molecule has 5 heteroatoms. The monoisotopic (exact) mass is 258 g/mol. The third-order valence-corrected chi connectivity index (χ3v) is 3.94. The summed E-state index contributed by atoms with van der Waals surface area (Å²) in [6.45, 7) is 1.27. The normalized spacial score (nSPS) is 12.7. The molecule has 0 radical (unpaired) electrons. The first-order chi connectivity index (χ1) is 8.88. The lowest BCUT2D eigenvalue weighted by atomic mass is 10.1. The van der Waals surface area contributed by atoms with Gasteiger partial charge >= 0.3 is 0 Å². The van der Waals surface area contributed by atoms with Crippen molar-refractivity contribution in [3.8, 4) is 11.3 Å². The van der Waals surface area contributed by atoms with Gasteiger partial charge in [-0.3, -0.25) is 0 Å². The van der Waals surface area contributed by atoms with Gasteiger partial charge in [0.1, 0.15) is 0 Å². The van der Waals surface area contributed by atoms with Crippen molar-refractivity contribution in [1.29, 1.82) is 0 Å². The zero-order chi connectivity index (χ0) is 12.4. The average molecular weight is 258 g/mol. The zero-order valence-electron chi connectivity index (χ0n) is 9.89. The first kappa shape index (κ1) is 11.5. The molecule has 92 valence electrons. The Kier molecular flexibility index (Phi) is 3.17. The summed E-state index contributed by atoms with van der Waals surface area (Å²) in [7, 11) is 0. The van der Waals surface area contributed by atoms with Crippen LogP contribution in [-0.2, 0) is 5.75 Å². The van der Waals surface area contributed by atoms with Gasteiger partial charge in [-0.05, 0) is 6.07 Å². The summed E-state index contributed by atoms with van der Waals surface area (Å²) < 4.78 is 0. The molecule has 0 amide bonds. The van der Waals surface area contributed by atoms with E-state index >= 15 is 0 Å². The molecular formula is C13H14N4S. The van der Waals surface area contributed by atoms with Crippen LogP contribution in [0.3, 0.4) is 0 Å². The molecule has 18 heavy (non-hydrogen) atoms. The first-order valence-corrected chi connectivity index (χ1v) is 6.89. The van der Waals surface area contributed by atoms with Crippen LogP contribution in [0.25, 0.3) is 11.3 Å².